The van der Waals surface area contributed by atoms with E-state index in [4.69, 9.17) is 81.2 Å². The lowest BCUT2D eigenvalue weighted by Gasteiger charge is -2.45. The van der Waals surface area contributed by atoms with Crippen LogP contribution < -0.4 is 0 Å². The molecule has 1 unspecified atom stereocenters. The molecule has 0 aromatic carbocycles. The van der Waals surface area contributed by atoms with E-state index < -0.39 is 18.7 Å². The average Bonchev–Trinajstić information content (AvgIpc) is 1.97. The maximum absolute atomic E-state index is 5.70. The fourth-order valence-electron chi connectivity index (χ4n) is 0.552. The minimum Gasteiger partial charge on any atom is -0.210 e. The summed E-state index contributed by atoms with van der Waals surface area (Å²) in [6.45, 7) is 0. The largest absolute Gasteiger partial charge is 0.286 e. The number of hydrogen-bond acceptors (Lipinski definition) is 2. The van der Waals surface area contributed by atoms with E-state index in [0.717, 1.165) is 0 Å². The molecule has 2 nitrogen and oxygen atoms in total. The molecule has 0 bridgehead atoms. The standard InChI is InChI=1S/C4HCl7O2/c5-1-2(6,7)3(8,9)4(10,11)13-12-1/h1H. The van der Waals surface area contributed by atoms with Crippen molar-refractivity contribution in [3.05, 3.63) is 0 Å². The normalized spacial score (nSPS) is 35.8. The highest BCUT2D eigenvalue weighted by atomic mass is 35.5. The summed E-state index contributed by atoms with van der Waals surface area (Å²) in [7, 11) is 0. The predicted molar refractivity (Wildman–Crippen MR) is 55.1 cm³/mol. The number of hydrogen-bond donors (Lipinski definition) is 0. The Hall–Kier alpha value is 1.95. The van der Waals surface area contributed by atoms with Crippen molar-refractivity contribution in [2.24, 2.45) is 0 Å². The van der Waals surface area contributed by atoms with Gasteiger partial charge in [-0.05, 0) is 0 Å². The molecule has 1 aliphatic heterocycles. The third kappa shape index (κ3) is 1.95. The lowest BCUT2D eigenvalue weighted by atomic mass is 10.3. The monoisotopic (exact) mass is 326 g/mol. The van der Waals surface area contributed by atoms with Gasteiger partial charge in [0, 0.05) is 0 Å². The lowest BCUT2D eigenvalue weighted by Crippen LogP contribution is -2.60. The molecule has 0 amide bonds. The fourth-order valence-corrected chi connectivity index (χ4v) is 2.03. The summed E-state index contributed by atoms with van der Waals surface area (Å²) in [5.74, 6) is 0. The van der Waals surface area contributed by atoms with Crippen molar-refractivity contribution < 1.29 is 9.78 Å². The first kappa shape index (κ1) is 13.0. The molecular weight excluding hydrogens is 328 g/mol. The Morgan fingerprint density at radius 3 is 1.77 bits per heavy atom. The molecule has 9 heteroatoms. The number of alkyl halides is 7. The molecule has 78 valence electrons. The van der Waals surface area contributed by atoms with Gasteiger partial charge in [-0.2, -0.15) is 4.89 Å². The molecule has 1 fully saturated rings. The van der Waals surface area contributed by atoms with Crippen LogP contribution in [0.5, 0.6) is 0 Å². The Morgan fingerprint density at radius 2 is 1.38 bits per heavy atom. The Balaban J connectivity index is 3.07. The second kappa shape index (κ2) is 3.76. The van der Waals surface area contributed by atoms with Gasteiger partial charge in [0.05, 0.1) is 0 Å². The van der Waals surface area contributed by atoms with Gasteiger partial charge in [-0.15, -0.1) is 0 Å². The molecule has 1 rings (SSSR count). The second-order valence-corrected chi connectivity index (χ2v) is 6.58. The van der Waals surface area contributed by atoms with Crippen LogP contribution in [0.15, 0.2) is 0 Å². The van der Waals surface area contributed by atoms with Crippen molar-refractivity contribution >= 4 is 81.2 Å². The molecule has 1 heterocycles. The third-order valence-electron chi connectivity index (χ3n) is 1.31. The van der Waals surface area contributed by atoms with E-state index in [1.165, 1.54) is 0 Å². The molecule has 0 aliphatic carbocycles. The van der Waals surface area contributed by atoms with Crippen molar-refractivity contribution in [1.29, 1.82) is 0 Å². The lowest BCUT2D eigenvalue weighted by molar-refractivity contribution is -0.354. The van der Waals surface area contributed by atoms with Crippen LogP contribution >= 0.6 is 81.2 Å². The van der Waals surface area contributed by atoms with Crippen LogP contribution in [0.1, 0.15) is 0 Å². The van der Waals surface area contributed by atoms with E-state index in [2.05, 4.69) is 9.78 Å². The van der Waals surface area contributed by atoms with Gasteiger partial charge in [-0.1, -0.05) is 81.2 Å². The van der Waals surface area contributed by atoms with Gasteiger partial charge in [-0.3, -0.25) is 0 Å². The Kier molecular flexibility index (Phi) is 3.76. The van der Waals surface area contributed by atoms with E-state index in [0.29, 0.717) is 0 Å². The van der Waals surface area contributed by atoms with E-state index in [1.807, 2.05) is 0 Å². The van der Waals surface area contributed by atoms with Gasteiger partial charge in [-0.25, -0.2) is 4.89 Å². The van der Waals surface area contributed by atoms with Crippen molar-refractivity contribution in [2.45, 2.75) is 18.7 Å². The molecule has 0 radical (unpaired) electrons. The third-order valence-corrected chi connectivity index (χ3v) is 5.49. The molecule has 1 saturated heterocycles. The topological polar surface area (TPSA) is 18.5 Å². The first-order valence-electron chi connectivity index (χ1n) is 2.75. The van der Waals surface area contributed by atoms with Crippen LogP contribution in [0, 0.1) is 0 Å². The Labute approximate surface area is 109 Å². The smallest absolute Gasteiger partial charge is 0.210 e. The second-order valence-electron chi connectivity index (χ2n) is 2.21. The first-order chi connectivity index (χ1) is 5.63. The van der Waals surface area contributed by atoms with Crippen LogP contribution in [-0.2, 0) is 9.78 Å². The summed E-state index contributed by atoms with van der Waals surface area (Å²) in [6.07, 6.45) is 0. The van der Waals surface area contributed by atoms with Gasteiger partial charge >= 0.3 is 0 Å². The summed E-state index contributed by atoms with van der Waals surface area (Å²) < 4.78 is -6.04. The summed E-state index contributed by atoms with van der Waals surface area (Å²) in [5, 5.41) is 0. The highest BCUT2D eigenvalue weighted by molar-refractivity contribution is 6.70. The first-order valence-corrected chi connectivity index (χ1v) is 5.45. The molecule has 0 saturated carbocycles. The molecule has 0 spiro atoms. The van der Waals surface area contributed by atoms with Gasteiger partial charge in [0.25, 0.3) is 4.52 Å². The number of halogens is 7. The minimum atomic E-state index is -2.11. The van der Waals surface area contributed by atoms with Gasteiger partial charge in [0.15, 0.2) is 4.33 Å². The number of rotatable bonds is 0. The van der Waals surface area contributed by atoms with Crippen LogP contribution in [0.2, 0.25) is 0 Å². The summed E-state index contributed by atoms with van der Waals surface area (Å²) in [4.78, 5) is 8.81. The van der Waals surface area contributed by atoms with Crippen LogP contribution in [0.4, 0.5) is 0 Å². The Bertz CT molecular complexity index is 215. The molecule has 0 aromatic rings. The predicted octanol–water partition coefficient (Wildman–Crippen LogP) is 3.99. The van der Waals surface area contributed by atoms with Crippen LogP contribution in [-0.4, -0.2) is 18.7 Å². The maximum Gasteiger partial charge on any atom is 0.286 e. The average molecular weight is 329 g/mol. The highest BCUT2D eigenvalue weighted by Crippen LogP contribution is 2.60. The van der Waals surface area contributed by atoms with Crippen LogP contribution in [0.3, 0.4) is 0 Å². The zero-order valence-corrected chi connectivity index (χ0v) is 10.8. The van der Waals surface area contributed by atoms with Gasteiger partial charge in [0.1, 0.15) is 0 Å². The van der Waals surface area contributed by atoms with E-state index in [-0.39, 0.29) is 0 Å². The fraction of sp³-hybridized carbons (Fsp3) is 1.00. The van der Waals surface area contributed by atoms with Crippen molar-refractivity contribution in [1.82, 2.24) is 0 Å². The molecule has 0 N–H and O–H groups in total. The quantitative estimate of drug-likeness (QED) is 0.494. The SMILES string of the molecule is ClC1OOC(Cl)(Cl)C(Cl)(Cl)C1(Cl)Cl. The molecular formula is C4HCl7O2. The van der Waals surface area contributed by atoms with E-state index in [1.54, 1.807) is 0 Å². The summed E-state index contributed by atoms with van der Waals surface area (Å²) >= 11 is 39.4. The zero-order valence-electron chi connectivity index (χ0n) is 5.54. The van der Waals surface area contributed by atoms with E-state index >= 15 is 0 Å². The molecule has 1 atom stereocenters. The molecule has 0 aromatic heterocycles. The molecule has 13 heavy (non-hydrogen) atoms. The maximum atomic E-state index is 5.70. The highest BCUT2D eigenvalue weighted by Gasteiger charge is 2.69. The minimum absolute atomic E-state index is 1.29. The van der Waals surface area contributed by atoms with E-state index in [9.17, 15) is 0 Å². The van der Waals surface area contributed by atoms with Gasteiger partial charge in [0.2, 0.25) is 9.90 Å². The van der Waals surface area contributed by atoms with Crippen molar-refractivity contribution in [3.8, 4) is 0 Å². The Morgan fingerprint density at radius 1 is 0.923 bits per heavy atom. The van der Waals surface area contributed by atoms with Crippen molar-refractivity contribution in [2.75, 3.05) is 0 Å². The summed E-state index contributed by atoms with van der Waals surface area (Å²) in [6, 6.07) is 0. The zero-order chi connectivity index (χ0) is 10.5. The van der Waals surface area contributed by atoms with Gasteiger partial charge < -0.3 is 0 Å². The molecule has 1 aliphatic rings. The van der Waals surface area contributed by atoms with Crippen LogP contribution in [0.25, 0.3) is 0 Å². The summed E-state index contributed by atoms with van der Waals surface area (Å²) in [5.41, 5.74) is -1.29. The van der Waals surface area contributed by atoms with Crippen molar-refractivity contribution in [3.63, 3.8) is 0 Å².